The second-order valence-corrected chi connectivity index (χ2v) is 4.51. The minimum atomic E-state index is -0.865. The number of rotatable bonds is 5. The highest BCUT2D eigenvalue weighted by atomic mass is 16.2. The molecule has 0 bridgehead atoms. The summed E-state index contributed by atoms with van der Waals surface area (Å²) in [6.07, 6.45) is 1.93. The summed E-state index contributed by atoms with van der Waals surface area (Å²) in [6.45, 7) is 0. The number of fused-ring (bicyclic) bond motifs is 1. The van der Waals surface area contributed by atoms with Crippen molar-refractivity contribution in [2.45, 2.75) is 18.9 Å². The summed E-state index contributed by atoms with van der Waals surface area (Å²) in [5.41, 5.74) is 6.17. The van der Waals surface area contributed by atoms with Gasteiger partial charge in [-0.15, -0.1) is 0 Å². The van der Waals surface area contributed by atoms with Crippen molar-refractivity contribution in [3.8, 4) is 6.07 Å². The second-order valence-electron chi connectivity index (χ2n) is 4.51. The minimum absolute atomic E-state index is 0.141. The number of pyridine rings is 1. The third kappa shape index (κ3) is 3.34. The molecule has 0 aliphatic rings. The Balaban J connectivity index is 2.26. The summed E-state index contributed by atoms with van der Waals surface area (Å²) in [7, 11) is 0. The lowest BCUT2D eigenvalue weighted by molar-refractivity contribution is -0.119. The van der Waals surface area contributed by atoms with E-state index in [1.165, 1.54) is 0 Å². The Bertz CT molecular complexity index is 716. The number of hydrogen-bond acceptors (Lipinski definition) is 4. The van der Waals surface area contributed by atoms with Gasteiger partial charge in [-0.1, -0.05) is 18.2 Å². The van der Waals surface area contributed by atoms with Crippen molar-refractivity contribution in [3.05, 3.63) is 42.1 Å². The van der Waals surface area contributed by atoms with Gasteiger partial charge in [-0.05, 0) is 18.6 Å². The smallest absolute Gasteiger partial charge is 0.254 e. The monoisotopic (exact) mass is 282 g/mol. The molecule has 2 aromatic rings. The molecule has 0 fully saturated rings. The van der Waals surface area contributed by atoms with Crippen LogP contribution in [0.2, 0.25) is 0 Å². The fourth-order valence-electron chi connectivity index (χ4n) is 2.02. The number of carbonyl (C=O) groups is 2. The number of nitrogens with two attached hydrogens (primary N) is 1. The summed E-state index contributed by atoms with van der Waals surface area (Å²) in [6, 6.07) is 9.91. The van der Waals surface area contributed by atoms with Crippen LogP contribution in [0, 0.1) is 11.3 Å². The average molecular weight is 282 g/mol. The molecule has 0 unspecified atom stereocenters. The number of primary amides is 1. The van der Waals surface area contributed by atoms with E-state index in [1.54, 1.807) is 24.4 Å². The van der Waals surface area contributed by atoms with Gasteiger partial charge in [0.25, 0.3) is 5.91 Å². The Morgan fingerprint density at radius 1 is 1.33 bits per heavy atom. The number of aromatic nitrogens is 1. The second kappa shape index (κ2) is 6.48. The molecule has 2 amide bonds. The molecule has 2 rings (SSSR count). The van der Waals surface area contributed by atoms with Crippen LogP contribution in [-0.2, 0) is 4.79 Å². The molecule has 0 spiro atoms. The first-order valence-electron chi connectivity index (χ1n) is 6.44. The Morgan fingerprint density at radius 2 is 2.10 bits per heavy atom. The van der Waals surface area contributed by atoms with E-state index in [2.05, 4.69) is 10.3 Å². The predicted octanol–water partition coefficient (Wildman–Crippen LogP) is 1.12. The zero-order valence-electron chi connectivity index (χ0n) is 11.2. The Kier molecular flexibility index (Phi) is 4.46. The number of amides is 2. The molecule has 21 heavy (non-hydrogen) atoms. The topological polar surface area (TPSA) is 109 Å². The van der Waals surface area contributed by atoms with E-state index in [0.29, 0.717) is 11.1 Å². The van der Waals surface area contributed by atoms with E-state index in [-0.39, 0.29) is 12.8 Å². The van der Waals surface area contributed by atoms with E-state index >= 15 is 0 Å². The highest BCUT2D eigenvalue weighted by Gasteiger charge is 2.20. The number of carbonyl (C=O) groups excluding carboxylic acids is 2. The van der Waals surface area contributed by atoms with Crippen molar-refractivity contribution < 1.29 is 9.59 Å². The van der Waals surface area contributed by atoms with Crippen molar-refractivity contribution >= 4 is 22.7 Å². The zero-order valence-corrected chi connectivity index (χ0v) is 11.2. The number of nitrogens with one attached hydrogen (secondary N) is 1. The maximum Gasteiger partial charge on any atom is 0.254 e. The highest BCUT2D eigenvalue weighted by Crippen LogP contribution is 2.16. The number of nitriles is 1. The standard InChI is InChI=1S/C15H14N4O2/c16-8-2-7-12(14(17)20)19-15(21)11-6-1-4-10-5-3-9-18-13(10)11/h1,3-6,9,12H,2,7H2,(H2,17,20)(H,19,21)/t12-/m1/s1. The largest absolute Gasteiger partial charge is 0.368 e. The molecule has 1 aromatic carbocycles. The molecule has 0 radical (unpaired) electrons. The lowest BCUT2D eigenvalue weighted by Gasteiger charge is -2.14. The summed E-state index contributed by atoms with van der Waals surface area (Å²) in [5, 5.41) is 12.0. The minimum Gasteiger partial charge on any atom is -0.368 e. The Labute approximate surface area is 121 Å². The van der Waals surface area contributed by atoms with Gasteiger partial charge in [0.2, 0.25) is 5.91 Å². The van der Waals surface area contributed by atoms with Crippen LogP contribution >= 0.6 is 0 Å². The Morgan fingerprint density at radius 3 is 2.81 bits per heavy atom. The van der Waals surface area contributed by atoms with Gasteiger partial charge in [0.15, 0.2) is 0 Å². The average Bonchev–Trinajstić information content (AvgIpc) is 2.50. The zero-order chi connectivity index (χ0) is 15.2. The van der Waals surface area contributed by atoms with E-state index in [1.807, 2.05) is 18.2 Å². The van der Waals surface area contributed by atoms with E-state index < -0.39 is 17.9 Å². The normalized spacial score (nSPS) is 11.6. The van der Waals surface area contributed by atoms with Crippen LogP contribution in [0.15, 0.2) is 36.5 Å². The number of benzene rings is 1. The van der Waals surface area contributed by atoms with Gasteiger partial charge in [0.1, 0.15) is 6.04 Å². The van der Waals surface area contributed by atoms with Crippen molar-refractivity contribution in [2.24, 2.45) is 5.73 Å². The van der Waals surface area contributed by atoms with Crippen LogP contribution in [0.4, 0.5) is 0 Å². The first-order valence-corrected chi connectivity index (χ1v) is 6.44. The van der Waals surface area contributed by atoms with E-state index in [9.17, 15) is 9.59 Å². The van der Waals surface area contributed by atoms with Gasteiger partial charge in [-0.3, -0.25) is 14.6 Å². The van der Waals surface area contributed by atoms with Crippen molar-refractivity contribution in [1.82, 2.24) is 10.3 Å². The van der Waals surface area contributed by atoms with E-state index in [0.717, 1.165) is 5.39 Å². The number of hydrogen-bond donors (Lipinski definition) is 2. The molecule has 1 aromatic heterocycles. The summed E-state index contributed by atoms with van der Waals surface area (Å²) in [4.78, 5) is 27.8. The highest BCUT2D eigenvalue weighted by molar-refractivity contribution is 6.06. The molecule has 0 aliphatic heterocycles. The van der Waals surface area contributed by atoms with Gasteiger partial charge in [-0.25, -0.2) is 0 Å². The molecule has 6 nitrogen and oxygen atoms in total. The summed E-state index contributed by atoms with van der Waals surface area (Å²) >= 11 is 0. The van der Waals surface area contributed by atoms with Crippen molar-refractivity contribution in [3.63, 3.8) is 0 Å². The number of para-hydroxylation sites is 1. The van der Waals surface area contributed by atoms with Crippen LogP contribution in [0.25, 0.3) is 10.9 Å². The van der Waals surface area contributed by atoms with Gasteiger partial charge in [0, 0.05) is 18.0 Å². The van der Waals surface area contributed by atoms with Crippen molar-refractivity contribution in [2.75, 3.05) is 0 Å². The van der Waals surface area contributed by atoms with Crippen LogP contribution in [0.5, 0.6) is 0 Å². The third-order valence-corrected chi connectivity index (χ3v) is 3.07. The maximum atomic E-state index is 12.3. The molecule has 1 atom stereocenters. The lowest BCUT2D eigenvalue weighted by Crippen LogP contribution is -2.44. The van der Waals surface area contributed by atoms with E-state index in [4.69, 9.17) is 11.0 Å². The fraction of sp³-hybridized carbons (Fsp3) is 0.200. The van der Waals surface area contributed by atoms with Gasteiger partial charge in [0.05, 0.1) is 17.1 Å². The predicted molar refractivity (Wildman–Crippen MR) is 77.0 cm³/mol. The van der Waals surface area contributed by atoms with Crippen LogP contribution in [0.3, 0.4) is 0 Å². The molecule has 106 valence electrons. The maximum absolute atomic E-state index is 12.3. The Hall–Kier alpha value is -2.94. The molecule has 0 saturated carbocycles. The first-order chi connectivity index (χ1) is 10.1. The SMILES string of the molecule is N#CCC[C@@H](NC(=O)c1cccc2cccnc12)C(N)=O. The number of nitrogens with zero attached hydrogens (tertiary/aromatic N) is 2. The molecule has 0 saturated heterocycles. The first kappa shape index (κ1) is 14.5. The lowest BCUT2D eigenvalue weighted by atomic mass is 10.1. The van der Waals surface area contributed by atoms with Gasteiger partial charge in [-0.2, -0.15) is 5.26 Å². The van der Waals surface area contributed by atoms with Crippen LogP contribution in [0.1, 0.15) is 23.2 Å². The molecular formula is C15H14N4O2. The van der Waals surface area contributed by atoms with Crippen molar-refractivity contribution in [1.29, 1.82) is 5.26 Å². The quantitative estimate of drug-likeness (QED) is 0.856. The summed E-state index contributed by atoms with van der Waals surface area (Å²) < 4.78 is 0. The van der Waals surface area contributed by atoms with Crippen LogP contribution in [-0.4, -0.2) is 22.8 Å². The fourth-order valence-corrected chi connectivity index (χ4v) is 2.02. The molecule has 6 heteroatoms. The molecular weight excluding hydrogens is 268 g/mol. The van der Waals surface area contributed by atoms with Gasteiger partial charge < -0.3 is 11.1 Å². The molecule has 3 N–H and O–H groups in total. The van der Waals surface area contributed by atoms with Gasteiger partial charge >= 0.3 is 0 Å². The molecule has 1 heterocycles. The molecule has 0 aliphatic carbocycles. The summed E-state index contributed by atoms with van der Waals surface area (Å²) in [5.74, 6) is -1.09. The van der Waals surface area contributed by atoms with Crippen LogP contribution < -0.4 is 11.1 Å². The third-order valence-electron chi connectivity index (χ3n) is 3.07.